The van der Waals surface area contributed by atoms with Crippen LogP contribution in [0.1, 0.15) is 0 Å². The minimum atomic E-state index is -0.212. The maximum atomic E-state index is 12.0. The van der Waals surface area contributed by atoms with Crippen molar-refractivity contribution in [3.8, 4) is 11.8 Å². The zero-order valence-corrected chi connectivity index (χ0v) is 14.4. The number of thioether (sulfide) groups is 1. The Labute approximate surface area is 140 Å². The number of hydrogen-bond donors (Lipinski definition) is 1. The molecule has 0 saturated carbocycles. The molecular formula is C14H14BrN3O3S. The number of carbonyl (C=O) groups excluding carboxylic acids is 1. The molecule has 0 spiro atoms. The van der Waals surface area contributed by atoms with E-state index in [9.17, 15) is 4.79 Å². The van der Waals surface area contributed by atoms with Crippen molar-refractivity contribution in [1.29, 1.82) is 0 Å². The van der Waals surface area contributed by atoms with Crippen LogP contribution in [0.4, 0.5) is 5.95 Å². The lowest BCUT2D eigenvalue weighted by molar-refractivity contribution is -0.113. The van der Waals surface area contributed by atoms with Crippen molar-refractivity contribution in [2.24, 2.45) is 0 Å². The first kappa shape index (κ1) is 16.6. The fourth-order valence-corrected chi connectivity index (χ4v) is 2.90. The van der Waals surface area contributed by atoms with Crippen molar-refractivity contribution in [3.05, 3.63) is 34.8 Å². The number of amides is 1. The van der Waals surface area contributed by atoms with E-state index in [0.29, 0.717) is 11.8 Å². The number of anilines is 1. The van der Waals surface area contributed by atoms with Crippen LogP contribution in [0.25, 0.3) is 0 Å². The Balaban J connectivity index is 1.98. The predicted octanol–water partition coefficient (Wildman–Crippen LogP) is 2.99. The van der Waals surface area contributed by atoms with Crippen molar-refractivity contribution >= 4 is 39.5 Å². The van der Waals surface area contributed by atoms with Gasteiger partial charge in [0.1, 0.15) is 0 Å². The van der Waals surface area contributed by atoms with E-state index in [-0.39, 0.29) is 17.6 Å². The fourth-order valence-electron chi connectivity index (χ4n) is 1.53. The van der Waals surface area contributed by atoms with Crippen LogP contribution in [0.15, 0.2) is 39.7 Å². The quantitative estimate of drug-likeness (QED) is 0.772. The van der Waals surface area contributed by atoms with E-state index in [2.05, 4.69) is 31.2 Å². The Kier molecular flexibility index (Phi) is 6.02. The van der Waals surface area contributed by atoms with Crippen molar-refractivity contribution < 1.29 is 14.3 Å². The topological polar surface area (TPSA) is 73.3 Å². The van der Waals surface area contributed by atoms with Crippen LogP contribution in [0.3, 0.4) is 0 Å². The molecule has 1 heterocycles. The molecule has 22 heavy (non-hydrogen) atoms. The van der Waals surface area contributed by atoms with Crippen LogP contribution < -0.4 is 14.8 Å². The number of aromatic nitrogens is 2. The summed E-state index contributed by atoms with van der Waals surface area (Å²) in [5.74, 6) is 0.817. The third-order valence-corrected chi connectivity index (χ3v) is 4.57. The molecular weight excluding hydrogens is 370 g/mol. The van der Waals surface area contributed by atoms with Gasteiger partial charge in [0.15, 0.2) is 0 Å². The summed E-state index contributed by atoms with van der Waals surface area (Å²) in [6.07, 6.45) is 0. The highest BCUT2D eigenvalue weighted by Crippen LogP contribution is 2.27. The van der Waals surface area contributed by atoms with Gasteiger partial charge < -0.3 is 9.47 Å². The van der Waals surface area contributed by atoms with Crippen LogP contribution in [0.5, 0.6) is 11.8 Å². The van der Waals surface area contributed by atoms with Crippen molar-refractivity contribution in [3.63, 3.8) is 0 Å². The summed E-state index contributed by atoms with van der Waals surface area (Å²) in [7, 11) is 2.96. The van der Waals surface area contributed by atoms with Crippen LogP contribution in [-0.2, 0) is 4.79 Å². The molecule has 1 N–H and O–H groups in total. The van der Waals surface area contributed by atoms with Gasteiger partial charge in [-0.05, 0) is 28.1 Å². The molecule has 2 rings (SSSR count). The molecule has 116 valence electrons. The van der Waals surface area contributed by atoms with Gasteiger partial charge in [-0.15, -0.1) is 11.8 Å². The number of halogens is 1. The van der Waals surface area contributed by atoms with Gasteiger partial charge in [-0.1, -0.05) is 12.1 Å². The SMILES string of the molecule is COc1cc(OC)nc(NC(=O)CSc2ccccc2Br)n1. The zero-order valence-electron chi connectivity index (χ0n) is 12.0. The van der Waals surface area contributed by atoms with E-state index in [1.165, 1.54) is 32.0 Å². The Morgan fingerprint density at radius 3 is 2.45 bits per heavy atom. The molecule has 0 aliphatic heterocycles. The number of methoxy groups -OCH3 is 2. The van der Waals surface area contributed by atoms with Crippen molar-refractivity contribution in [1.82, 2.24) is 9.97 Å². The van der Waals surface area contributed by atoms with E-state index < -0.39 is 0 Å². The Hall–Kier alpha value is -1.80. The summed E-state index contributed by atoms with van der Waals surface area (Å²) >= 11 is 4.86. The summed E-state index contributed by atoms with van der Waals surface area (Å²) in [5, 5.41) is 2.62. The van der Waals surface area contributed by atoms with E-state index in [4.69, 9.17) is 9.47 Å². The normalized spacial score (nSPS) is 10.1. The van der Waals surface area contributed by atoms with Crippen molar-refractivity contribution in [2.45, 2.75) is 4.90 Å². The van der Waals surface area contributed by atoms with Crippen molar-refractivity contribution in [2.75, 3.05) is 25.3 Å². The number of nitrogens with zero attached hydrogens (tertiary/aromatic N) is 2. The molecule has 2 aromatic rings. The minimum Gasteiger partial charge on any atom is -0.481 e. The van der Waals surface area contributed by atoms with Crippen LogP contribution in [0, 0.1) is 0 Å². The summed E-state index contributed by atoms with van der Waals surface area (Å²) in [6, 6.07) is 9.24. The molecule has 0 bridgehead atoms. The summed E-state index contributed by atoms with van der Waals surface area (Å²) in [5.41, 5.74) is 0. The second-order valence-electron chi connectivity index (χ2n) is 4.04. The Morgan fingerprint density at radius 1 is 1.23 bits per heavy atom. The van der Waals surface area contributed by atoms with Gasteiger partial charge >= 0.3 is 0 Å². The van der Waals surface area contributed by atoms with E-state index in [0.717, 1.165) is 9.37 Å². The molecule has 0 radical (unpaired) electrons. The van der Waals surface area contributed by atoms with Crippen LogP contribution in [-0.4, -0.2) is 35.8 Å². The smallest absolute Gasteiger partial charge is 0.237 e. The number of rotatable bonds is 6. The molecule has 8 heteroatoms. The Bertz CT molecular complexity index is 647. The molecule has 1 aromatic heterocycles. The maximum absolute atomic E-state index is 12.0. The average molecular weight is 384 g/mol. The summed E-state index contributed by atoms with van der Waals surface area (Å²) < 4.78 is 11.0. The fraction of sp³-hybridized carbons (Fsp3) is 0.214. The number of hydrogen-bond acceptors (Lipinski definition) is 6. The molecule has 0 saturated heterocycles. The van der Waals surface area contributed by atoms with Gasteiger partial charge in [-0.3, -0.25) is 10.1 Å². The lowest BCUT2D eigenvalue weighted by Gasteiger charge is -2.08. The molecule has 0 fully saturated rings. The highest BCUT2D eigenvalue weighted by molar-refractivity contribution is 9.10. The molecule has 6 nitrogen and oxygen atoms in total. The largest absolute Gasteiger partial charge is 0.481 e. The monoisotopic (exact) mass is 383 g/mol. The number of benzene rings is 1. The highest BCUT2D eigenvalue weighted by atomic mass is 79.9. The third kappa shape index (κ3) is 4.60. The zero-order chi connectivity index (χ0) is 15.9. The lowest BCUT2D eigenvalue weighted by atomic mass is 10.4. The molecule has 0 aliphatic rings. The first-order chi connectivity index (χ1) is 10.6. The second-order valence-corrected chi connectivity index (χ2v) is 5.92. The van der Waals surface area contributed by atoms with Gasteiger partial charge in [0, 0.05) is 9.37 Å². The number of nitrogens with one attached hydrogen (secondary N) is 1. The van der Waals surface area contributed by atoms with E-state index in [1.807, 2.05) is 24.3 Å². The minimum absolute atomic E-state index is 0.147. The maximum Gasteiger partial charge on any atom is 0.237 e. The van der Waals surface area contributed by atoms with E-state index >= 15 is 0 Å². The van der Waals surface area contributed by atoms with Gasteiger partial charge in [-0.2, -0.15) is 9.97 Å². The standard InChI is InChI=1S/C14H14BrN3O3S/c1-20-12-7-13(21-2)18-14(17-12)16-11(19)8-22-10-6-4-3-5-9(10)15/h3-7H,8H2,1-2H3,(H,16,17,18,19). The second kappa shape index (κ2) is 8.00. The molecule has 0 unspecified atom stereocenters. The van der Waals surface area contributed by atoms with Gasteiger partial charge in [0.25, 0.3) is 0 Å². The first-order valence-electron chi connectivity index (χ1n) is 6.26. The third-order valence-electron chi connectivity index (χ3n) is 2.54. The molecule has 0 aliphatic carbocycles. The summed E-state index contributed by atoms with van der Waals surface area (Å²) in [4.78, 5) is 21.1. The van der Waals surface area contributed by atoms with E-state index in [1.54, 1.807) is 0 Å². The summed E-state index contributed by atoms with van der Waals surface area (Å²) in [6.45, 7) is 0. The van der Waals surface area contributed by atoms with Crippen LogP contribution in [0.2, 0.25) is 0 Å². The van der Waals surface area contributed by atoms with Gasteiger partial charge in [0.05, 0.1) is 26.0 Å². The Morgan fingerprint density at radius 2 is 1.86 bits per heavy atom. The molecule has 0 atom stereocenters. The number of ether oxygens (including phenoxy) is 2. The number of carbonyl (C=O) groups is 1. The van der Waals surface area contributed by atoms with Gasteiger partial charge in [0.2, 0.25) is 23.6 Å². The molecule has 1 aromatic carbocycles. The van der Waals surface area contributed by atoms with Gasteiger partial charge in [-0.25, -0.2) is 0 Å². The highest BCUT2D eigenvalue weighted by Gasteiger charge is 2.10. The van der Waals surface area contributed by atoms with Crippen LogP contribution >= 0.6 is 27.7 Å². The lowest BCUT2D eigenvalue weighted by Crippen LogP contribution is -2.16. The predicted molar refractivity (Wildman–Crippen MR) is 88.6 cm³/mol. The average Bonchev–Trinajstić information content (AvgIpc) is 2.53. The first-order valence-corrected chi connectivity index (χ1v) is 8.04. The molecule has 1 amide bonds.